The molecule has 1 heterocycles. The summed E-state index contributed by atoms with van der Waals surface area (Å²) in [4.78, 5) is 47.0. The first-order valence-electron chi connectivity index (χ1n) is 7.71. The highest BCUT2D eigenvalue weighted by molar-refractivity contribution is 7.14. The van der Waals surface area contributed by atoms with Gasteiger partial charge in [0, 0.05) is 22.9 Å². The molecule has 0 saturated heterocycles. The number of rotatable bonds is 7. The van der Waals surface area contributed by atoms with Gasteiger partial charge in [-0.05, 0) is 31.2 Å². The standard InChI is InChI=1S/C17H15ClN2O6S/c1-9(16(22)15-6-4-12(27-15)8-19-10(2)21)26-17(23)13-5-3-11(18)7-14(13)20(24)25/h3-7,9H,8H2,1-2H3,(H,19,21). The van der Waals surface area contributed by atoms with Crippen LogP contribution in [0.3, 0.4) is 0 Å². The molecule has 2 rings (SSSR count). The summed E-state index contributed by atoms with van der Waals surface area (Å²) in [6.07, 6.45) is -1.14. The summed E-state index contributed by atoms with van der Waals surface area (Å²) in [6.45, 7) is 3.06. The number of Topliss-reactive ketones (excluding diaryl/α,β-unsaturated/α-hetero) is 1. The van der Waals surface area contributed by atoms with E-state index in [0.717, 1.165) is 22.3 Å². The molecule has 0 radical (unpaired) electrons. The highest BCUT2D eigenvalue weighted by Gasteiger charge is 2.26. The second-order valence-electron chi connectivity index (χ2n) is 5.51. The maximum Gasteiger partial charge on any atom is 0.345 e. The number of amides is 1. The van der Waals surface area contributed by atoms with Crippen LogP contribution < -0.4 is 5.32 Å². The molecule has 1 aromatic heterocycles. The van der Waals surface area contributed by atoms with Gasteiger partial charge in [0.25, 0.3) is 5.69 Å². The zero-order valence-electron chi connectivity index (χ0n) is 14.4. The van der Waals surface area contributed by atoms with Crippen molar-refractivity contribution in [3.8, 4) is 0 Å². The SMILES string of the molecule is CC(=O)NCc1ccc(C(=O)C(C)OC(=O)c2ccc(Cl)cc2[N+](=O)[O-])s1. The fraction of sp³-hybridized carbons (Fsp3) is 0.235. The Balaban J connectivity index is 2.09. The molecule has 1 aromatic carbocycles. The Morgan fingerprint density at radius 3 is 2.63 bits per heavy atom. The zero-order chi connectivity index (χ0) is 20.1. The molecule has 0 fully saturated rings. The minimum absolute atomic E-state index is 0.104. The number of hydrogen-bond donors (Lipinski definition) is 1. The second-order valence-corrected chi connectivity index (χ2v) is 7.11. The fourth-order valence-electron chi connectivity index (χ4n) is 2.12. The molecule has 10 heteroatoms. The van der Waals surface area contributed by atoms with Crippen LogP contribution in [0.15, 0.2) is 30.3 Å². The fourth-order valence-corrected chi connectivity index (χ4v) is 3.26. The number of benzene rings is 1. The monoisotopic (exact) mass is 410 g/mol. The van der Waals surface area contributed by atoms with Crippen molar-refractivity contribution in [3.05, 3.63) is 60.8 Å². The topological polar surface area (TPSA) is 116 Å². The van der Waals surface area contributed by atoms with Crippen LogP contribution in [0.25, 0.3) is 0 Å². The number of thiophene rings is 1. The summed E-state index contributed by atoms with van der Waals surface area (Å²) in [5, 5.41) is 13.8. The summed E-state index contributed by atoms with van der Waals surface area (Å²) in [5.74, 6) is -1.63. The van der Waals surface area contributed by atoms with Crippen molar-refractivity contribution in [2.75, 3.05) is 0 Å². The Bertz CT molecular complexity index is 911. The van der Waals surface area contributed by atoms with Crippen molar-refractivity contribution in [2.24, 2.45) is 0 Å². The number of carbonyl (C=O) groups is 3. The van der Waals surface area contributed by atoms with E-state index < -0.39 is 28.5 Å². The lowest BCUT2D eigenvalue weighted by atomic mass is 10.1. The number of nitro benzene ring substituents is 1. The third-order valence-corrected chi connectivity index (χ3v) is 4.78. The first-order valence-corrected chi connectivity index (χ1v) is 8.90. The summed E-state index contributed by atoms with van der Waals surface area (Å²) in [5.41, 5.74) is -0.789. The van der Waals surface area contributed by atoms with Crippen molar-refractivity contribution in [2.45, 2.75) is 26.5 Å². The van der Waals surface area contributed by atoms with Crippen LogP contribution in [0.2, 0.25) is 5.02 Å². The van der Waals surface area contributed by atoms with Gasteiger partial charge < -0.3 is 10.1 Å². The van der Waals surface area contributed by atoms with Gasteiger partial charge in [0.15, 0.2) is 6.10 Å². The van der Waals surface area contributed by atoms with Crippen LogP contribution in [0.4, 0.5) is 5.69 Å². The van der Waals surface area contributed by atoms with Crippen molar-refractivity contribution in [3.63, 3.8) is 0 Å². The normalized spacial score (nSPS) is 11.5. The van der Waals surface area contributed by atoms with E-state index >= 15 is 0 Å². The van der Waals surface area contributed by atoms with Gasteiger partial charge in [-0.2, -0.15) is 0 Å². The van der Waals surface area contributed by atoms with Gasteiger partial charge >= 0.3 is 5.97 Å². The van der Waals surface area contributed by atoms with Gasteiger partial charge in [-0.25, -0.2) is 4.79 Å². The number of carbonyl (C=O) groups excluding carboxylic acids is 3. The van der Waals surface area contributed by atoms with Gasteiger partial charge in [0.05, 0.1) is 16.3 Å². The molecule has 0 aliphatic carbocycles. The van der Waals surface area contributed by atoms with E-state index in [1.54, 1.807) is 12.1 Å². The molecular formula is C17H15ClN2O6S. The lowest BCUT2D eigenvalue weighted by Gasteiger charge is -2.11. The number of esters is 1. The van der Waals surface area contributed by atoms with Crippen molar-refractivity contribution in [1.82, 2.24) is 5.32 Å². The third-order valence-electron chi connectivity index (χ3n) is 3.45. The van der Waals surface area contributed by atoms with E-state index in [0.29, 0.717) is 11.4 Å². The largest absolute Gasteiger partial charge is 0.450 e. The summed E-state index contributed by atoms with van der Waals surface area (Å²) < 4.78 is 5.09. The molecule has 27 heavy (non-hydrogen) atoms. The van der Waals surface area contributed by atoms with Crippen LogP contribution >= 0.6 is 22.9 Å². The molecule has 1 N–H and O–H groups in total. The number of nitro groups is 1. The molecule has 0 saturated carbocycles. The Morgan fingerprint density at radius 1 is 1.30 bits per heavy atom. The number of nitrogens with zero attached hydrogens (tertiary/aromatic N) is 1. The molecule has 1 atom stereocenters. The van der Waals surface area contributed by atoms with Gasteiger partial charge in [0.2, 0.25) is 11.7 Å². The highest BCUT2D eigenvalue weighted by atomic mass is 35.5. The Kier molecular flexibility index (Phi) is 6.65. The lowest BCUT2D eigenvalue weighted by molar-refractivity contribution is -0.385. The van der Waals surface area contributed by atoms with E-state index in [1.807, 2.05) is 0 Å². The van der Waals surface area contributed by atoms with Crippen LogP contribution in [-0.2, 0) is 16.1 Å². The molecule has 2 aromatic rings. The van der Waals surface area contributed by atoms with Crippen LogP contribution in [0.5, 0.6) is 0 Å². The molecule has 142 valence electrons. The van der Waals surface area contributed by atoms with Crippen molar-refractivity contribution in [1.29, 1.82) is 0 Å². The molecule has 1 unspecified atom stereocenters. The van der Waals surface area contributed by atoms with E-state index in [2.05, 4.69) is 5.32 Å². The molecule has 0 aliphatic rings. The average molecular weight is 411 g/mol. The molecular weight excluding hydrogens is 396 g/mol. The molecule has 0 spiro atoms. The van der Waals surface area contributed by atoms with E-state index in [9.17, 15) is 24.5 Å². The van der Waals surface area contributed by atoms with Crippen LogP contribution in [0, 0.1) is 10.1 Å². The van der Waals surface area contributed by atoms with Crippen LogP contribution in [-0.4, -0.2) is 28.7 Å². The average Bonchev–Trinajstić information content (AvgIpc) is 3.07. The van der Waals surface area contributed by atoms with Crippen molar-refractivity contribution >= 4 is 46.3 Å². The molecule has 1 amide bonds. The number of halogens is 1. The highest BCUT2D eigenvalue weighted by Crippen LogP contribution is 2.25. The minimum atomic E-state index is -1.14. The lowest BCUT2D eigenvalue weighted by Crippen LogP contribution is -2.24. The van der Waals surface area contributed by atoms with E-state index in [1.165, 1.54) is 26.0 Å². The minimum Gasteiger partial charge on any atom is -0.450 e. The number of ether oxygens (including phenoxy) is 1. The maximum absolute atomic E-state index is 12.4. The summed E-state index contributed by atoms with van der Waals surface area (Å²) in [6, 6.07) is 6.80. The number of hydrogen-bond acceptors (Lipinski definition) is 7. The summed E-state index contributed by atoms with van der Waals surface area (Å²) in [7, 11) is 0. The summed E-state index contributed by atoms with van der Waals surface area (Å²) >= 11 is 6.88. The van der Waals surface area contributed by atoms with Crippen LogP contribution in [0.1, 0.15) is 38.8 Å². The van der Waals surface area contributed by atoms with Gasteiger partial charge in [0.1, 0.15) is 5.56 Å². The van der Waals surface area contributed by atoms with Gasteiger partial charge in [-0.15, -0.1) is 11.3 Å². The first kappa shape index (κ1) is 20.5. The third kappa shape index (κ3) is 5.35. The Morgan fingerprint density at radius 2 is 2.00 bits per heavy atom. The molecule has 0 aliphatic heterocycles. The number of nitrogens with one attached hydrogen (secondary N) is 1. The zero-order valence-corrected chi connectivity index (χ0v) is 15.9. The predicted molar refractivity (Wildman–Crippen MR) is 99.2 cm³/mol. The quantitative estimate of drug-likeness (QED) is 0.324. The predicted octanol–water partition coefficient (Wildman–Crippen LogP) is 3.37. The number of ketones is 1. The van der Waals surface area contributed by atoms with Gasteiger partial charge in [-0.3, -0.25) is 19.7 Å². The van der Waals surface area contributed by atoms with E-state index in [-0.39, 0.29) is 16.5 Å². The molecule has 0 bridgehead atoms. The Hall–Kier alpha value is -2.78. The molecule has 8 nitrogen and oxygen atoms in total. The van der Waals surface area contributed by atoms with Crippen molar-refractivity contribution < 1.29 is 24.0 Å². The first-order chi connectivity index (χ1) is 12.7. The maximum atomic E-state index is 12.4. The Labute approximate surface area is 163 Å². The smallest absolute Gasteiger partial charge is 0.345 e. The van der Waals surface area contributed by atoms with Gasteiger partial charge in [-0.1, -0.05) is 11.6 Å². The second kappa shape index (κ2) is 8.74. The van der Waals surface area contributed by atoms with E-state index in [4.69, 9.17) is 16.3 Å².